The van der Waals surface area contributed by atoms with E-state index in [9.17, 15) is 10.1 Å². The van der Waals surface area contributed by atoms with Crippen molar-refractivity contribution in [2.24, 2.45) is 0 Å². The summed E-state index contributed by atoms with van der Waals surface area (Å²) >= 11 is 1.67. The van der Waals surface area contributed by atoms with Gasteiger partial charge in [-0.1, -0.05) is 12.1 Å². The number of nitro groups is 1. The second-order valence-corrected chi connectivity index (χ2v) is 5.12. The van der Waals surface area contributed by atoms with Crippen LogP contribution in [0.3, 0.4) is 0 Å². The lowest BCUT2D eigenvalue weighted by molar-refractivity contribution is -0.384. The van der Waals surface area contributed by atoms with E-state index in [0.29, 0.717) is 0 Å². The topological polar surface area (TPSA) is 55.2 Å². The highest BCUT2D eigenvalue weighted by molar-refractivity contribution is 7.10. The molecule has 4 nitrogen and oxygen atoms in total. The van der Waals surface area contributed by atoms with Crippen molar-refractivity contribution in [3.63, 3.8) is 0 Å². The SMILES string of the molecule is Cc1ccc([N+](=O)[O-])cc1NC(C)c1cccs1. The fraction of sp³-hybridized carbons (Fsp3) is 0.231. The van der Waals surface area contributed by atoms with Gasteiger partial charge < -0.3 is 5.32 Å². The van der Waals surface area contributed by atoms with Crippen molar-refractivity contribution in [2.75, 3.05) is 5.32 Å². The van der Waals surface area contributed by atoms with Crippen LogP contribution in [-0.4, -0.2) is 4.92 Å². The highest BCUT2D eigenvalue weighted by atomic mass is 32.1. The minimum absolute atomic E-state index is 0.112. The number of nitro benzene ring substituents is 1. The molecule has 0 spiro atoms. The molecule has 1 aromatic carbocycles. The molecule has 0 radical (unpaired) electrons. The summed E-state index contributed by atoms with van der Waals surface area (Å²) < 4.78 is 0. The van der Waals surface area contributed by atoms with E-state index in [-0.39, 0.29) is 16.7 Å². The minimum atomic E-state index is -0.375. The number of nitrogens with one attached hydrogen (secondary N) is 1. The van der Waals surface area contributed by atoms with Gasteiger partial charge in [-0.3, -0.25) is 10.1 Å². The first-order chi connectivity index (χ1) is 8.58. The Morgan fingerprint density at radius 1 is 1.39 bits per heavy atom. The molecule has 1 atom stereocenters. The number of non-ortho nitro benzene ring substituents is 1. The molecular formula is C13H14N2O2S. The van der Waals surface area contributed by atoms with Crippen LogP contribution >= 0.6 is 11.3 Å². The Bertz CT molecular complexity index is 552. The van der Waals surface area contributed by atoms with Crippen LogP contribution in [0.5, 0.6) is 0 Å². The van der Waals surface area contributed by atoms with Gasteiger partial charge in [-0.05, 0) is 30.9 Å². The van der Waals surface area contributed by atoms with E-state index in [0.717, 1.165) is 11.3 Å². The van der Waals surface area contributed by atoms with Crippen LogP contribution in [0.25, 0.3) is 0 Å². The Labute approximate surface area is 109 Å². The molecule has 2 rings (SSSR count). The van der Waals surface area contributed by atoms with Gasteiger partial charge in [0.2, 0.25) is 0 Å². The Kier molecular flexibility index (Phi) is 3.62. The second kappa shape index (κ2) is 5.18. The fourth-order valence-corrected chi connectivity index (χ4v) is 2.46. The Hall–Kier alpha value is -1.88. The van der Waals surface area contributed by atoms with Crippen molar-refractivity contribution in [1.82, 2.24) is 0 Å². The number of rotatable bonds is 4. The highest BCUT2D eigenvalue weighted by Crippen LogP contribution is 2.27. The number of thiophene rings is 1. The summed E-state index contributed by atoms with van der Waals surface area (Å²) in [5.41, 5.74) is 1.93. The van der Waals surface area contributed by atoms with Gasteiger partial charge in [-0.2, -0.15) is 0 Å². The van der Waals surface area contributed by atoms with Crippen molar-refractivity contribution in [2.45, 2.75) is 19.9 Å². The molecule has 2 aromatic rings. The van der Waals surface area contributed by atoms with Gasteiger partial charge in [-0.15, -0.1) is 11.3 Å². The van der Waals surface area contributed by atoms with Crippen LogP contribution in [0, 0.1) is 17.0 Å². The van der Waals surface area contributed by atoms with Gasteiger partial charge >= 0.3 is 0 Å². The Morgan fingerprint density at radius 3 is 2.78 bits per heavy atom. The van der Waals surface area contributed by atoms with Crippen molar-refractivity contribution >= 4 is 22.7 Å². The molecule has 5 heteroatoms. The lowest BCUT2D eigenvalue weighted by Gasteiger charge is -2.15. The molecule has 0 fully saturated rings. The van der Waals surface area contributed by atoms with Gasteiger partial charge in [0.15, 0.2) is 0 Å². The van der Waals surface area contributed by atoms with Gasteiger partial charge in [0, 0.05) is 22.7 Å². The van der Waals surface area contributed by atoms with Crippen LogP contribution in [0.4, 0.5) is 11.4 Å². The van der Waals surface area contributed by atoms with Crippen LogP contribution < -0.4 is 5.32 Å². The van der Waals surface area contributed by atoms with Crippen molar-refractivity contribution in [3.8, 4) is 0 Å². The lowest BCUT2D eigenvalue weighted by Crippen LogP contribution is -2.06. The standard InChI is InChI=1S/C13H14N2O2S/c1-9-5-6-11(15(16)17)8-12(9)14-10(2)13-4-3-7-18-13/h3-8,10,14H,1-2H3. The number of benzene rings is 1. The first-order valence-corrected chi connectivity index (χ1v) is 6.51. The monoisotopic (exact) mass is 262 g/mol. The normalized spacial score (nSPS) is 12.1. The average Bonchev–Trinajstić information content (AvgIpc) is 2.85. The largest absolute Gasteiger partial charge is 0.377 e. The maximum Gasteiger partial charge on any atom is 0.271 e. The van der Waals surface area contributed by atoms with Crippen LogP contribution in [0.15, 0.2) is 35.7 Å². The zero-order valence-electron chi connectivity index (χ0n) is 10.2. The minimum Gasteiger partial charge on any atom is -0.377 e. The number of hydrogen-bond donors (Lipinski definition) is 1. The summed E-state index contributed by atoms with van der Waals surface area (Å²) in [4.78, 5) is 11.6. The summed E-state index contributed by atoms with van der Waals surface area (Å²) in [6, 6.07) is 9.07. The van der Waals surface area contributed by atoms with E-state index < -0.39 is 0 Å². The van der Waals surface area contributed by atoms with Crippen LogP contribution in [-0.2, 0) is 0 Å². The number of hydrogen-bond acceptors (Lipinski definition) is 4. The van der Waals surface area contributed by atoms with Gasteiger partial charge in [-0.25, -0.2) is 0 Å². The number of anilines is 1. The predicted octanol–water partition coefficient (Wildman–Crippen LogP) is 4.14. The molecule has 1 unspecified atom stereocenters. The van der Waals surface area contributed by atoms with Gasteiger partial charge in [0.25, 0.3) is 5.69 Å². The van der Waals surface area contributed by atoms with Crippen LogP contribution in [0.1, 0.15) is 23.4 Å². The molecule has 94 valence electrons. The summed E-state index contributed by atoms with van der Waals surface area (Å²) in [6.45, 7) is 3.98. The molecule has 1 heterocycles. The van der Waals surface area contributed by atoms with E-state index in [1.165, 1.54) is 10.9 Å². The quantitative estimate of drug-likeness (QED) is 0.665. The maximum atomic E-state index is 10.8. The molecule has 0 saturated heterocycles. The smallest absolute Gasteiger partial charge is 0.271 e. The maximum absolute atomic E-state index is 10.8. The molecule has 18 heavy (non-hydrogen) atoms. The first kappa shape index (κ1) is 12.6. The summed E-state index contributed by atoms with van der Waals surface area (Å²) in [6.07, 6.45) is 0. The summed E-state index contributed by atoms with van der Waals surface area (Å²) in [7, 11) is 0. The Morgan fingerprint density at radius 2 is 2.17 bits per heavy atom. The molecule has 0 amide bonds. The van der Waals surface area contributed by atoms with Crippen LogP contribution in [0.2, 0.25) is 0 Å². The molecule has 0 bridgehead atoms. The second-order valence-electron chi connectivity index (χ2n) is 4.14. The van der Waals surface area contributed by atoms with E-state index in [2.05, 4.69) is 11.4 Å². The molecular weight excluding hydrogens is 248 g/mol. The third-order valence-corrected chi connectivity index (χ3v) is 3.83. The third kappa shape index (κ3) is 2.68. The Balaban J connectivity index is 2.23. The van der Waals surface area contributed by atoms with Gasteiger partial charge in [0.1, 0.15) is 0 Å². The average molecular weight is 262 g/mol. The zero-order chi connectivity index (χ0) is 13.1. The molecule has 0 aliphatic heterocycles. The van der Waals surface area contributed by atoms with E-state index in [1.54, 1.807) is 23.5 Å². The molecule has 0 aliphatic rings. The third-order valence-electron chi connectivity index (χ3n) is 2.77. The molecule has 0 aliphatic carbocycles. The lowest BCUT2D eigenvalue weighted by atomic mass is 10.1. The summed E-state index contributed by atoms with van der Waals surface area (Å²) in [5.74, 6) is 0. The zero-order valence-corrected chi connectivity index (χ0v) is 11.0. The van der Waals surface area contributed by atoms with Crippen molar-refractivity contribution in [1.29, 1.82) is 0 Å². The van der Waals surface area contributed by atoms with Crippen molar-refractivity contribution in [3.05, 3.63) is 56.3 Å². The summed E-state index contributed by atoms with van der Waals surface area (Å²) in [5, 5.41) is 16.1. The predicted molar refractivity (Wildman–Crippen MR) is 74.2 cm³/mol. The molecule has 1 aromatic heterocycles. The van der Waals surface area contributed by atoms with Crippen molar-refractivity contribution < 1.29 is 4.92 Å². The first-order valence-electron chi connectivity index (χ1n) is 5.63. The highest BCUT2D eigenvalue weighted by Gasteiger charge is 2.12. The molecule has 1 N–H and O–H groups in total. The molecule has 0 saturated carbocycles. The number of nitrogens with zero attached hydrogens (tertiary/aromatic N) is 1. The van der Waals surface area contributed by atoms with E-state index in [1.807, 2.05) is 25.3 Å². The van der Waals surface area contributed by atoms with Gasteiger partial charge in [0.05, 0.1) is 11.0 Å². The fourth-order valence-electron chi connectivity index (χ4n) is 1.72. The van der Waals surface area contributed by atoms with E-state index in [4.69, 9.17) is 0 Å². The number of aryl methyl sites for hydroxylation is 1. The van der Waals surface area contributed by atoms with E-state index >= 15 is 0 Å².